The number of aromatic nitrogens is 2. The van der Waals surface area contributed by atoms with Crippen molar-refractivity contribution in [2.45, 2.75) is 13.3 Å². The quantitative estimate of drug-likeness (QED) is 0.770. The van der Waals surface area contributed by atoms with Crippen molar-refractivity contribution in [3.63, 3.8) is 0 Å². The molecule has 0 spiro atoms. The molecule has 0 aliphatic rings. The second kappa shape index (κ2) is 4.24. The van der Waals surface area contributed by atoms with Crippen LogP contribution in [0.15, 0.2) is 24.5 Å². The number of hydrogen-bond donors (Lipinski definition) is 2. The minimum absolute atomic E-state index is 0.254. The van der Waals surface area contributed by atoms with Crippen LogP contribution in [0.25, 0.3) is 11.0 Å². The SMILES string of the molecule is [2H]C(Cc1c[nH]c2cccnc12)NCC. The normalized spacial score (nSPS) is 14.2. The lowest BCUT2D eigenvalue weighted by molar-refractivity contribution is 0.718. The monoisotopic (exact) mass is 190 g/mol. The average Bonchev–Trinajstić information content (AvgIpc) is 2.62. The Hall–Kier alpha value is -1.35. The molecule has 0 aromatic carbocycles. The summed E-state index contributed by atoms with van der Waals surface area (Å²) in [5.41, 5.74) is 3.12. The highest BCUT2D eigenvalue weighted by molar-refractivity contribution is 5.78. The van der Waals surface area contributed by atoms with Crippen molar-refractivity contribution in [3.05, 3.63) is 30.1 Å². The molecule has 2 N–H and O–H groups in total. The van der Waals surface area contributed by atoms with E-state index in [0.29, 0.717) is 6.42 Å². The van der Waals surface area contributed by atoms with Gasteiger partial charge in [-0.15, -0.1) is 0 Å². The number of nitrogens with one attached hydrogen (secondary N) is 2. The first kappa shape index (κ1) is 8.00. The van der Waals surface area contributed by atoms with E-state index in [1.807, 2.05) is 25.3 Å². The first-order chi connectivity index (χ1) is 7.31. The Morgan fingerprint density at radius 2 is 2.57 bits per heavy atom. The topological polar surface area (TPSA) is 40.7 Å². The number of likely N-dealkylation sites (N-methyl/N-ethyl adjacent to an activating group) is 1. The third-order valence-corrected chi connectivity index (χ3v) is 2.18. The minimum atomic E-state index is -0.254. The van der Waals surface area contributed by atoms with Crippen molar-refractivity contribution in [1.82, 2.24) is 15.3 Å². The molecule has 74 valence electrons. The zero-order chi connectivity index (χ0) is 10.7. The molecule has 2 heterocycles. The van der Waals surface area contributed by atoms with Crippen LogP contribution in [-0.4, -0.2) is 23.0 Å². The van der Waals surface area contributed by atoms with Crippen molar-refractivity contribution in [2.75, 3.05) is 13.1 Å². The number of H-pyrrole nitrogens is 1. The number of hydrogen-bond acceptors (Lipinski definition) is 2. The molecule has 3 nitrogen and oxygen atoms in total. The summed E-state index contributed by atoms with van der Waals surface area (Å²) in [5.74, 6) is 0. The summed E-state index contributed by atoms with van der Waals surface area (Å²) in [5, 5.41) is 3.07. The molecular weight excluding hydrogens is 174 g/mol. The van der Waals surface area contributed by atoms with Gasteiger partial charge in [0, 0.05) is 13.8 Å². The van der Waals surface area contributed by atoms with Crippen LogP contribution in [0, 0.1) is 0 Å². The molecule has 2 rings (SSSR count). The molecule has 0 radical (unpaired) electrons. The molecule has 0 aliphatic heterocycles. The number of pyridine rings is 1. The minimum Gasteiger partial charge on any atom is -0.360 e. The van der Waals surface area contributed by atoms with Crippen molar-refractivity contribution in [3.8, 4) is 0 Å². The Bertz CT molecular complexity index is 438. The summed E-state index contributed by atoms with van der Waals surface area (Å²) >= 11 is 0. The smallest absolute Gasteiger partial charge is 0.0911 e. The Labute approximate surface area is 85.0 Å². The van der Waals surface area contributed by atoms with E-state index in [1.54, 1.807) is 6.20 Å². The van der Waals surface area contributed by atoms with Crippen LogP contribution in [0.4, 0.5) is 0 Å². The van der Waals surface area contributed by atoms with Crippen LogP contribution in [0.2, 0.25) is 0 Å². The van der Waals surface area contributed by atoms with E-state index in [9.17, 15) is 0 Å². The van der Waals surface area contributed by atoms with Crippen LogP contribution < -0.4 is 5.32 Å². The third kappa shape index (κ3) is 1.77. The third-order valence-electron chi connectivity index (χ3n) is 2.18. The van der Waals surface area contributed by atoms with E-state index >= 15 is 0 Å². The van der Waals surface area contributed by atoms with Crippen molar-refractivity contribution in [1.29, 1.82) is 0 Å². The van der Waals surface area contributed by atoms with Crippen LogP contribution >= 0.6 is 0 Å². The van der Waals surface area contributed by atoms with Gasteiger partial charge in [-0.25, -0.2) is 0 Å². The van der Waals surface area contributed by atoms with Gasteiger partial charge in [0.1, 0.15) is 0 Å². The maximum Gasteiger partial charge on any atom is 0.0911 e. The standard InChI is InChI=1S/C11H15N3/c1-2-12-7-5-9-8-14-10-4-3-6-13-11(9)10/h3-4,6,8,12,14H,2,5,7H2,1H3/i7D. The Kier molecular flexibility index (Phi) is 2.42. The lowest BCUT2D eigenvalue weighted by Gasteiger charge is -1.99. The molecule has 3 heteroatoms. The molecule has 0 saturated heterocycles. The molecule has 2 aromatic rings. The maximum absolute atomic E-state index is 7.77. The summed E-state index contributed by atoms with van der Waals surface area (Å²) in [6.07, 6.45) is 4.41. The van der Waals surface area contributed by atoms with Crippen molar-refractivity contribution in [2.24, 2.45) is 0 Å². The van der Waals surface area contributed by atoms with E-state index in [0.717, 1.165) is 23.1 Å². The maximum atomic E-state index is 7.77. The highest BCUT2D eigenvalue weighted by Crippen LogP contribution is 2.14. The summed E-state index contributed by atoms with van der Waals surface area (Å²) < 4.78 is 7.77. The van der Waals surface area contributed by atoms with Gasteiger partial charge in [0.2, 0.25) is 0 Å². The largest absolute Gasteiger partial charge is 0.360 e. The molecule has 2 aromatic heterocycles. The number of fused-ring (bicyclic) bond motifs is 1. The van der Waals surface area contributed by atoms with Gasteiger partial charge in [-0.1, -0.05) is 6.92 Å². The first-order valence-electron chi connectivity index (χ1n) is 5.45. The van der Waals surface area contributed by atoms with Gasteiger partial charge in [-0.05, 0) is 37.2 Å². The Morgan fingerprint density at radius 3 is 3.43 bits per heavy atom. The fourth-order valence-corrected chi connectivity index (χ4v) is 1.49. The molecule has 1 atom stereocenters. The van der Waals surface area contributed by atoms with Gasteiger partial charge in [0.25, 0.3) is 0 Å². The van der Waals surface area contributed by atoms with Crippen molar-refractivity contribution >= 4 is 11.0 Å². The predicted octanol–water partition coefficient (Wildman–Crippen LogP) is 1.71. The molecule has 1 unspecified atom stereocenters. The lowest BCUT2D eigenvalue weighted by Crippen LogP contribution is -2.15. The molecule has 0 saturated carbocycles. The van der Waals surface area contributed by atoms with E-state index in [2.05, 4.69) is 15.3 Å². The highest BCUT2D eigenvalue weighted by atomic mass is 14.8. The average molecular weight is 190 g/mol. The summed E-state index contributed by atoms with van der Waals surface area (Å²) in [7, 11) is 0. The fourth-order valence-electron chi connectivity index (χ4n) is 1.49. The Balaban J connectivity index is 2.21. The number of nitrogens with zero attached hydrogens (tertiary/aromatic N) is 1. The zero-order valence-corrected chi connectivity index (χ0v) is 8.25. The lowest BCUT2D eigenvalue weighted by atomic mass is 10.2. The predicted molar refractivity (Wildman–Crippen MR) is 58.3 cm³/mol. The molecule has 0 aliphatic carbocycles. The zero-order valence-electron chi connectivity index (χ0n) is 9.25. The van der Waals surface area contributed by atoms with Gasteiger partial charge in [0.15, 0.2) is 0 Å². The second-order valence-corrected chi connectivity index (χ2v) is 3.18. The number of rotatable bonds is 4. The molecule has 0 amide bonds. The van der Waals surface area contributed by atoms with Crippen molar-refractivity contribution < 1.29 is 1.37 Å². The van der Waals surface area contributed by atoms with Gasteiger partial charge >= 0.3 is 0 Å². The van der Waals surface area contributed by atoms with Crippen LogP contribution in [0.1, 0.15) is 13.9 Å². The Morgan fingerprint density at radius 1 is 1.64 bits per heavy atom. The van der Waals surface area contributed by atoms with Crippen LogP contribution in [-0.2, 0) is 6.42 Å². The van der Waals surface area contributed by atoms with E-state index in [-0.39, 0.29) is 6.52 Å². The number of aryl methyl sites for hydroxylation is 1. The van der Waals surface area contributed by atoms with Gasteiger partial charge in [0.05, 0.1) is 11.0 Å². The summed E-state index contributed by atoms with van der Waals surface area (Å²) in [6, 6.07) is 3.91. The van der Waals surface area contributed by atoms with Gasteiger partial charge in [-0.2, -0.15) is 0 Å². The highest BCUT2D eigenvalue weighted by Gasteiger charge is 2.02. The molecule has 14 heavy (non-hydrogen) atoms. The van der Waals surface area contributed by atoms with Gasteiger partial charge < -0.3 is 10.3 Å². The fraction of sp³-hybridized carbons (Fsp3) is 0.364. The molecule has 0 fully saturated rings. The van der Waals surface area contributed by atoms with E-state index < -0.39 is 0 Å². The number of aromatic amines is 1. The van der Waals surface area contributed by atoms with E-state index in [1.165, 1.54) is 0 Å². The van der Waals surface area contributed by atoms with Gasteiger partial charge in [-0.3, -0.25) is 4.98 Å². The first-order valence-corrected chi connectivity index (χ1v) is 4.88. The molecule has 0 bridgehead atoms. The summed E-state index contributed by atoms with van der Waals surface area (Å²) in [6.45, 7) is 2.58. The van der Waals surface area contributed by atoms with Crippen LogP contribution in [0.5, 0.6) is 0 Å². The molecular formula is C11H15N3. The summed E-state index contributed by atoms with van der Waals surface area (Å²) in [4.78, 5) is 7.47. The second-order valence-electron chi connectivity index (χ2n) is 3.18. The van der Waals surface area contributed by atoms with E-state index in [4.69, 9.17) is 1.37 Å². The van der Waals surface area contributed by atoms with Crippen LogP contribution in [0.3, 0.4) is 0 Å².